The molecule has 3 rings (SSSR count). The average molecular weight is 291 g/mol. The minimum atomic E-state index is -0.439. The molecule has 6 nitrogen and oxygen atoms in total. The molecular formula is C15H25N5O. The summed E-state index contributed by atoms with van der Waals surface area (Å²) in [6.07, 6.45) is 8.47. The van der Waals surface area contributed by atoms with E-state index in [1.165, 1.54) is 32.1 Å². The van der Waals surface area contributed by atoms with Crippen LogP contribution in [0.1, 0.15) is 48.2 Å². The van der Waals surface area contributed by atoms with Gasteiger partial charge in [0, 0.05) is 50.5 Å². The van der Waals surface area contributed by atoms with Crippen LogP contribution in [-0.4, -0.2) is 45.8 Å². The topological polar surface area (TPSA) is 76.2 Å². The van der Waals surface area contributed by atoms with E-state index in [0.29, 0.717) is 11.7 Å². The van der Waals surface area contributed by atoms with Crippen molar-refractivity contribution in [3.63, 3.8) is 0 Å². The molecule has 0 bridgehead atoms. The molecule has 1 saturated heterocycles. The van der Waals surface area contributed by atoms with Crippen LogP contribution in [0.2, 0.25) is 0 Å². The highest BCUT2D eigenvalue weighted by Gasteiger charge is 2.27. The van der Waals surface area contributed by atoms with E-state index in [2.05, 4.69) is 15.3 Å². The minimum absolute atomic E-state index is 0.407. The zero-order valence-corrected chi connectivity index (χ0v) is 12.7. The lowest BCUT2D eigenvalue weighted by molar-refractivity contribution is 0.0993. The first-order valence-electron chi connectivity index (χ1n) is 7.92. The monoisotopic (exact) mass is 291 g/mol. The van der Waals surface area contributed by atoms with Gasteiger partial charge in [-0.2, -0.15) is 5.10 Å². The largest absolute Gasteiger partial charge is 0.364 e. The molecule has 0 radical (unpaired) electrons. The van der Waals surface area contributed by atoms with Crippen LogP contribution in [0.5, 0.6) is 0 Å². The van der Waals surface area contributed by atoms with E-state index < -0.39 is 5.91 Å². The molecule has 2 fully saturated rings. The summed E-state index contributed by atoms with van der Waals surface area (Å²) in [5.41, 5.74) is 6.74. The number of amides is 1. The number of hydrogen-bond donors (Lipinski definition) is 2. The third-order valence-corrected chi connectivity index (χ3v) is 4.63. The second-order valence-electron chi connectivity index (χ2n) is 6.41. The summed E-state index contributed by atoms with van der Waals surface area (Å²) in [7, 11) is 1.82. The van der Waals surface area contributed by atoms with E-state index >= 15 is 0 Å². The van der Waals surface area contributed by atoms with Gasteiger partial charge >= 0.3 is 0 Å². The van der Waals surface area contributed by atoms with Crippen molar-refractivity contribution < 1.29 is 4.79 Å². The number of nitrogens with two attached hydrogens (primary N) is 1. The first kappa shape index (κ1) is 14.5. The lowest BCUT2D eigenvalue weighted by Gasteiger charge is -2.19. The molecule has 2 aliphatic rings. The second kappa shape index (κ2) is 6.15. The van der Waals surface area contributed by atoms with Gasteiger partial charge in [0.15, 0.2) is 5.69 Å². The summed E-state index contributed by atoms with van der Waals surface area (Å²) in [5, 5.41) is 7.94. The number of nitrogens with one attached hydrogen (secondary N) is 1. The Hall–Kier alpha value is -1.40. The van der Waals surface area contributed by atoms with Gasteiger partial charge in [-0.25, -0.2) is 0 Å². The number of primary amides is 1. The molecule has 1 unspecified atom stereocenters. The Balaban J connectivity index is 1.55. The Morgan fingerprint density at radius 1 is 1.38 bits per heavy atom. The molecule has 1 saturated carbocycles. The maximum absolute atomic E-state index is 11.4. The van der Waals surface area contributed by atoms with Crippen LogP contribution < -0.4 is 11.1 Å². The summed E-state index contributed by atoms with van der Waals surface area (Å²) >= 11 is 0. The van der Waals surface area contributed by atoms with Gasteiger partial charge in [-0.05, 0) is 19.3 Å². The maximum Gasteiger partial charge on any atom is 0.269 e. The van der Waals surface area contributed by atoms with Crippen LogP contribution in [0.25, 0.3) is 0 Å². The van der Waals surface area contributed by atoms with Crippen LogP contribution >= 0.6 is 0 Å². The van der Waals surface area contributed by atoms with Crippen molar-refractivity contribution in [1.82, 2.24) is 20.0 Å². The number of hydrogen-bond acceptors (Lipinski definition) is 4. The maximum atomic E-state index is 11.4. The predicted octanol–water partition coefficient (Wildman–Crippen LogP) is 0.626. The highest BCUT2D eigenvalue weighted by atomic mass is 16.1. The number of aromatic nitrogens is 2. The quantitative estimate of drug-likeness (QED) is 0.834. The second-order valence-corrected chi connectivity index (χ2v) is 6.41. The van der Waals surface area contributed by atoms with E-state index in [4.69, 9.17) is 5.73 Å². The van der Waals surface area contributed by atoms with Crippen molar-refractivity contribution in [3.05, 3.63) is 17.5 Å². The number of carbonyl (C=O) groups excluding carboxylic acids is 1. The van der Waals surface area contributed by atoms with E-state index in [1.807, 2.05) is 13.2 Å². The molecule has 116 valence electrons. The van der Waals surface area contributed by atoms with Gasteiger partial charge in [-0.15, -0.1) is 0 Å². The molecule has 1 atom stereocenters. The third kappa shape index (κ3) is 3.44. The molecule has 0 aromatic carbocycles. The molecule has 2 heterocycles. The van der Waals surface area contributed by atoms with Crippen molar-refractivity contribution >= 4 is 5.91 Å². The van der Waals surface area contributed by atoms with Crippen molar-refractivity contribution in [1.29, 1.82) is 0 Å². The van der Waals surface area contributed by atoms with Gasteiger partial charge in [-0.3, -0.25) is 14.4 Å². The third-order valence-electron chi connectivity index (χ3n) is 4.63. The Labute approximate surface area is 125 Å². The Bertz CT molecular complexity index is 506. The summed E-state index contributed by atoms with van der Waals surface area (Å²) < 4.78 is 1.67. The molecule has 1 aliphatic carbocycles. The fourth-order valence-corrected chi connectivity index (χ4v) is 3.64. The van der Waals surface area contributed by atoms with Crippen molar-refractivity contribution in [2.24, 2.45) is 12.8 Å². The number of nitrogens with zero attached hydrogens (tertiary/aromatic N) is 3. The molecule has 0 spiro atoms. The number of aryl methyl sites for hydroxylation is 1. The van der Waals surface area contributed by atoms with Crippen LogP contribution in [0, 0.1) is 0 Å². The minimum Gasteiger partial charge on any atom is -0.364 e. The molecule has 1 aromatic rings. The molecule has 3 N–H and O–H groups in total. The Kier molecular flexibility index (Phi) is 4.26. The van der Waals surface area contributed by atoms with Crippen LogP contribution in [0.15, 0.2) is 6.20 Å². The zero-order valence-electron chi connectivity index (χ0n) is 12.7. The van der Waals surface area contributed by atoms with Gasteiger partial charge in [0.2, 0.25) is 0 Å². The lowest BCUT2D eigenvalue weighted by Crippen LogP contribution is -2.38. The summed E-state index contributed by atoms with van der Waals surface area (Å²) in [6, 6.07) is 1.30. The first-order valence-corrected chi connectivity index (χ1v) is 7.92. The predicted molar refractivity (Wildman–Crippen MR) is 80.8 cm³/mol. The fourth-order valence-electron chi connectivity index (χ4n) is 3.64. The smallest absolute Gasteiger partial charge is 0.269 e. The molecule has 1 aliphatic heterocycles. The normalized spacial score (nSPS) is 24.0. The van der Waals surface area contributed by atoms with Crippen molar-refractivity contribution in [2.75, 3.05) is 13.1 Å². The zero-order chi connectivity index (χ0) is 14.8. The van der Waals surface area contributed by atoms with Gasteiger partial charge < -0.3 is 11.1 Å². The summed E-state index contributed by atoms with van der Waals surface area (Å²) in [5.74, 6) is -0.439. The molecule has 6 heteroatoms. The first-order chi connectivity index (χ1) is 10.1. The molecule has 1 aromatic heterocycles. The summed E-state index contributed by atoms with van der Waals surface area (Å²) in [6.45, 7) is 2.87. The highest BCUT2D eigenvalue weighted by molar-refractivity contribution is 5.92. The standard InChI is InChI=1S/C15H25N5O/c1-19-8-11(14(18-19)15(16)21)9-20-7-6-13(10-20)17-12-4-2-3-5-12/h8,12-13,17H,2-7,9-10H2,1H3,(H2,16,21). The van der Waals surface area contributed by atoms with E-state index in [-0.39, 0.29) is 0 Å². The lowest BCUT2D eigenvalue weighted by atomic mass is 10.2. The molecule has 21 heavy (non-hydrogen) atoms. The number of carbonyl (C=O) groups is 1. The van der Waals surface area contributed by atoms with Crippen LogP contribution in [0.3, 0.4) is 0 Å². The van der Waals surface area contributed by atoms with Gasteiger partial charge in [-0.1, -0.05) is 12.8 Å². The number of rotatable bonds is 5. The molecule has 1 amide bonds. The van der Waals surface area contributed by atoms with Crippen molar-refractivity contribution in [2.45, 2.75) is 50.7 Å². The highest BCUT2D eigenvalue weighted by Crippen LogP contribution is 2.21. The van der Waals surface area contributed by atoms with Crippen LogP contribution in [0.4, 0.5) is 0 Å². The fraction of sp³-hybridized carbons (Fsp3) is 0.733. The van der Waals surface area contributed by atoms with Gasteiger partial charge in [0.25, 0.3) is 5.91 Å². The average Bonchev–Trinajstić information content (AvgIpc) is 3.13. The van der Waals surface area contributed by atoms with Crippen LogP contribution in [-0.2, 0) is 13.6 Å². The van der Waals surface area contributed by atoms with Gasteiger partial charge in [0.05, 0.1) is 0 Å². The van der Waals surface area contributed by atoms with Crippen molar-refractivity contribution in [3.8, 4) is 0 Å². The van der Waals surface area contributed by atoms with E-state index in [0.717, 1.165) is 31.2 Å². The molecular weight excluding hydrogens is 266 g/mol. The Morgan fingerprint density at radius 2 is 2.14 bits per heavy atom. The number of likely N-dealkylation sites (tertiary alicyclic amines) is 1. The van der Waals surface area contributed by atoms with E-state index in [9.17, 15) is 4.79 Å². The summed E-state index contributed by atoms with van der Waals surface area (Å²) in [4.78, 5) is 13.8. The SMILES string of the molecule is Cn1cc(CN2CCC(NC3CCCC3)C2)c(C(N)=O)n1. The van der Waals surface area contributed by atoms with E-state index in [1.54, 1.807) is 4.68 Å². The van der Waals surface area contributed by atoms with Gasteiger partial charge in [0.1, 0.15) is 0 Å². The Morgan fingerprint density at radius 3 is 2.86 bits per heavy atom.